The monoisotopic (exact) mass is 375 g/mol. The average molecular weight is 375 g/mol. The van der Waals surface area contributed by atoms with Crippen LogP contribution in [0.3, 0.4) is 0 Å². The Kier molecular flexibility index (Phi) is 5.78. The van der Waals surface area contributed by atoms with Crippen LogP contribution >= 0.6 is 0 Å². The highest BCUT2D eigenvalue weighted by Gasteiger charge is 2.28. The molecule has 0 aliphatic carbocycles. The highest BCUT2D eigenvalue weighted by Crippen LogP contribution is 2.19. The summed E-state index contributed by atoms with van der Waals surface area (Å²) in [4.78, 5) is 11.9. The van der Waals surface area contributed by atoms with Crippen molar-refractivity contribution in [2.45, 2.75) is 19.1 Å². The van der Waals surface area contributed by atoms with Crippen molar-refractivity contribution in [3.63, 3.8) is 0 Å². The molecule has 0 aromatic heterocycles. The van der Waals surface area contributed by atoms with Crippen molar-refractivity contribution in [1.82, 2.24) is 5.32 Å². The molecule has 3 rings (SSSR count). The maximum Gasteiger partial charge on any atom is 0.258 e. The normalized spacial score (nSPS) is 18.2. The lowest BCUT2D eigenvalue weighted by Crippen LogP contribution is -2.38. The number of sulfone groups is 1. The minimum absolute atomic E-state index is 0.00614. The summed E-state index contributed by atoms with van der Waals surface area (Å²) in [6.45, 7) is 0.328. The molecular weight excluding hydrogens is 354 g/mol. The van der Waals surface area contributed by atoms with Gasteiger partial charge in [0.1, 0.15) is 18.1 Å². The molecule has 0 bridgehead atoms. The van der Waals surface area contributed by atoms with E-state index in [1.165, 1.54) is 0 Å². The topological polar surface area (TPSA) is 81.7 Å². The Morgan fingerprint density at radius 1 is 1.00 bits per heavy atom. The quantitative estimate of drug-likeness (QED) is 0.800. The van der Waals surface area contributed by atoms with E-state index < -0.39 is 9.84 Å². The second-order valence-electron chi connectivity index (χ2n) is 6.20. The smallest absolute Gasteiger partial charge is 0.258 e. The molecule has 1 aliphatic rings. The van der Waals surface area contributed by atoms with Crippen LogP contribution in [0.15, 0.2) is 54.6 Å². The molecule has 26 heavy (non-hydrogen) atoms. The number of ether oxygens (including phenoxy) is 2. The van der Waals surface area contributed by atoms with Gasteiger partial charge in [-0.1, -0.05) is 30.3 Å². The zero-order valence-electron chi connectivity index (χ0n) is 14.3. The van der Waals surface area contributed by atoms with Gasteiger partial charge in [-0.25, -0.2) is 8.42 Å². The van der Waals surface area contributed by atoms with Crippen LogP contribution in [0.4, 0.5) is 0 Å². The number of carbonyl (C=O) groups excluding carboxylic acids is 1. The third kappa shape index (κ3) is 5.49. The second-order valence-corrected chi connectivity index (χ2v) is 8.43. The van der Waals surface area contributed by atoms with Crippen LogP contribution < -0.4 is 14.8 Å². The molecule has 1 amide bonds. The van der Waals surface area contributed by atoms with Crippen molar-refractivity contribution >= 4 is 15.7 Å². The average Bonchev–Trinajstić information content (AvgIpc) is 2.98. The third-order valence-electron chi connectivity index (χ3n) is 4.04. The van der Waals surface area contributed by atoms with E-state index in [2.05, 4.69) is 5.32 Å². The molecular formula is C19H21NO5S. The largest absolute Gasteiger partial charge is 0.489 e. The van der Waals surface area contributed by atoms with E-state index in [1.54, 1.807) is 24.3 Å². The summed E-state index contributed by atoms with van der Waals surface area (Å²) in [6.07, 6.45) is 0.460. The highest BCUT2D eigenvalue weighted by atomic mass is 32.2. The van der Waals surface area contributed by atoms with Crippen molar-refractivity contribution in [2.75, 3.05) is 18.1 Å². The summed E-state index contributed by atoms with van der Waals surface area (Å²) >= 11 is 0. The molecule has 2 aromatic rings. The molecule has 1 fully saturated rings. The van der Waals surface area contributed by atoms with E-state index in [-0.39, 0.29) is 30.1 Å². The van der Waals surface area contributed by atoms with Gasteiger partial charge in [0.15, 0.2) is 16.4 Å². The van der Waals surface area contributed by atoms with E-state index in [4.69, 9.17) is 9.47 Å². The molecule has 1 heterocycles. The molecule has 6 nitrogen and oxygen atoms in total. The molecule has 1 atom stereocenters. The Hall–Kier alpha value is -2.54. The Morgan fingerprint density at radius 2 is 1.65 bits per heavy atom. The van der Waals surface area contributed by atoms with Gasteiger partial charge in [0.2, 0.25) is 0 Å². The predicted molar refractivity (Wildman–Crippen MR) is 97.9 cm³/mol. The van der Waals surface area contributed by atoms with Crippen LogP contribution in [0.2, 0.25) is 0 Å². The lowest BCUT2D eigenvalue weighted by molar-refractivity contribution is -0.123. The molecule has 0 spiro atoms. The van der Waals surface area contributed by atoms with Gasteiger partial charge in [0.05, 0.1) is 11.5 Å². The third-order valence-corrected chi connectivity index (χ3v) is 5.81. The zero-order chi connectivity index (χ0) is 18.4. The maximum atomic E-state index is 11.9. The summed E-state index contributed by atoms with van der Waals surface area (Å²) in [5.74, 6) is 1.07. The number of hydrogen-bond donors (Lipinski definition) is 1. The van der Waals surface area contributed by atoms with Crippen LogP contribution in [0.1, 0.15) is 12.0 Å². The standard InChI is InChI=1S/C19H21NO5S/c21-19(20-16-10-11-26(22,23)14-16)13-25-18-8-6-17(7-9-18)24-12-15-4-2-1-3-5-15/h1-9,16H,10-14H2,(H,20,21)/t16-/m1/s1. The summed E-state index contributed by atoms with van der Waals surface area (Å²) in [5, 5.41) is 2.69. The number of amides is 1. The van der Waals surface area contributed by atoms with Gasteiger partial charge in [0.25, 0.3) is 5.91 Å². The van der Waals surface area contributed by atoms with Gasteiger partial charge in [-0.2, -0.15) is 0 Å². The molecule has 0 saturated carbocycles. The van der Waals surface area contributed by atoms with Crippen molar-refractivity contribution in [3.05, 3.63) is 60.2 Å². The number of carbonyl (C=O) groups is 1. The van der Waals surface area contributed by atoms with Gasteiger partial charge in [-0.15, -0.1) is 0 Å². The van der Waals surface area contributed by atoms with E-state index in [9.17, 15) is 13.2 Å². The van der Waals surface area contributed by atoms with Gasteiger partial charge >= 0.3 is 0 Å². The maximum absolute atomic E-state index is 11.9. The van der Waals surface area contributed by atoms with Crippen LogP contribution in [0, 0.1) is 0 Å². The fraction of sp³-hybridized carbons (Fsp3) is 0.316. The zero-order valence-corrected chi connectivity index (χ0v) is 15.1. The van der Waals surface area contributed by atoms with Crippen molar-refractivity contribution in [2.24, 2.45) is 0 Å². The Morgan fingerprint density at radius 3 is 2.27 bits per heavy atom. The Balaban J connectivity index is 1.42. The second kappa shape index (κ2) is 8.23. The first-order valence-electron chi connectivity index (χ1n) is 8.39. The molecule has 1 aliphatic heterocycles. The Bertz CT molecular complexity index is 834. The summed E-state index contributed by atoms with van der Waals surface area (Å²) in [6, 6.07) is 16.6. The predicted octanol–water partition coefficient (Wildman–Crippen LogP) is 1.95. The molecule has 0 unspecified atom stereocenters. The van der Waals surface area contributed by atoms with Crippen LogP contribution in [-0.2, 0) is 21.2 Å². The first-order chi connectivity index (χ1) is 12.5. The number of hydrogen-bond acceptors (Lipinski definition) is 5. The number of benzene rings is 2. The highest BCUT2D eigenvalue weighted by molar-refractivity contribution is 7.91. The van der Waals surface area contributed by atoms with E-state index in [0.717, 1.165) is 5.56 Å². The fourth-order valence-corrected chi connectivity index (χ4v) is 4.37. The molecule has 0 radical (unpaired) electrons. The van der Waals surface area contributed by atoms with Crippen molar-refractivity contribution in [3.8, 4) is 11.5 Å². The minimum atomic E-state index is -3.01. The van der Waals surface area contributed by atoms with E-state index in [1.807, 2.05) is 30.3 Å². The van der Waals surface area contributed by atoms with Gasteiger partial charge in [-0.05, 0) is 36.2 Å². The lowest BCUT2D eigenvalue weighted by Gasteiger charge is -2.12. The number of rotatable bonds is 7. The van der Waals surface area contributed by atoms with Crippen LogP contribution in [-0.4, -0.2) is 38.5 Å². The van der Waals surface area contributed by atoms with E-state index >= 15 is 0 Å². The fourth-order valence-electron chi connectivity index (χ4n) is 2.70. The van der Waals surface area contributed by atoms with E-state index in [0.29, 0.717) is 24.5 Å². The lowest BCUT2D eigenvalue weighted by atomic mass is 10.2. The molecule has 7 heteroatoms. The summed E-state index contributed by atoms with van der Waals surface area (Å²) < 4.78 is 33.9. The van der Waals surface area contributed by atoms with Crippen LogP contribution in [0.25, 0.3) is 0 Å². The Labute approximate surface area is 153 Å². The SMILES string of the molecule is O=C(COc1ccc(OCc2ccccc2)cc1)N[C@@H]1CCS(=O)(=O)C1. The van der Waals surface area contributed by atoms with Crippen molar-refractivity contribution in [1.29, 1.82) is 0 Å². The summed E-state index contributed by atoms with van der Waals surface area (Å²) in [7, 11) is -3.01. The first-order valence-corrected chi connectivity index (χ1v) is 10.2. The molecule has 1 N–H and O–H groups in total. The minimum Gasteiger partial charge on any atom is -0.489 e. The van der Waals surface area contributed by atoms with Crippen LogP contribution in [0.5, 0.6) is 11.5 Å². The first kappa shape index (κ1) is 18.3. The van der Waals surface area contributed by atoms with Gasteiger partial charge < -0.3 is 14.8 Å². The summed E-state index contributed by atoms with van der Waals surface area (Å²) in [5.41, 5.74) is 1.08. The molecule has 2 aromatic carbocycles. The number of nitrogens with one attached hydrogen (secondary N) is 1. The van der Waals surface area contributed by atoms with Crippen molar-refractivity contribution < 1.29 is 22.7 Å². The van der Waals surface area contributed by atoms with Gasteiger partial charge in [0, 0.05) is 6.04 Å². The van der Waals surface area contributed by atoms with Gasteiger partial charge in [-0.3, -0.25) is 4.79 Å². The molecule has 1 saturated heterocycles. The molecule has 138 valence electrons.